The Morgan fingerprint density at radius 2 is 1.77 bits per heavy atom. The SMILES string of the molecule is CC(=O)c1cn(CCC(F)Cn2cc(C(=O)N[C@H](CO)c3ccccc3)nn2)nn1. The molecule has 0 aliphatic carbocycles. The molecular weight excluding hydrogens is 393 g/mol. The van der Waals surface area contributed by atoms with Gasteiger partial charge in [-0.15, -0.1) is 10.2 Å². The summed E-state index contributed by atoms with van der Waals surface area (Å²) in [5.41, 5.74) is 1.01. The summed E-state index contributed by atoms with van der Waals surface area (Å²) in [5.74, 6) is -0.721. The summed E-state index contributed by atoms with van der Waals surface area (Å²) in [6.07, 6.45) is 1.69. The van der Waals surface area contributed by atoms with Crippen molar-refractivity contribution in [3.05, 3.63) is 59.7 Å². The smallest absolute Gasteiger partial charge is 0.274 e. The fraction of sp³-hybridized carbons (Fsp3) is 0.368. The number of carbonyl (C=O) groups excluding carboxylic acids is 2. The van der Waals surface area contributed by atoms with Crippen LogP contribution in [0.3, 0.4) is 0 Å². The molecule has 10 nitrogen and oxygen atoms in total. The number of amides is 1. The zero-order chi connectivity index (χ0) is 21.5. The number of Topliss-reactive ketones (excluding diaryl/α,β-unsaturated/α-hetero) is 1. The number of rotatable bonds is 10. The molecule has 0 saturated heterocycles. The number of nitrogens with one attached hydrogen (secondary N) is 1. The van der Waals surface area contributed by atoms with Gasteiger partial charge in [-0.05, 0) is 5.56 Å². The molecule has 3 aromatic rings. The molecular formula is C19H22FN7O3. The van der Waals surface area contributed by atoms with Gasteiger partial charge in [-0.3, -0.25) is 14.3 Å². The van der Waals surface area contributed by atoms with Crippen molar-refractivity contribution in [2.45, 2.75) is 38.6 Å². The van der Waals surface area contributed by atoms with Crippen LogP contribution in [-0.4, -0.2) is 59.6 Å². The van der Waals surface area contributed by atoms with Gasteiger partial charge in [0, 0.05) is 19.9 Å². The van der Waals surface area contributed by atoms with Gasteiger partial charge in [0.1, 0.15) is 11.9 Å². The molecule has 0 saturated carbocycles. The summed E-state index contributed by atoms with van der Waals surface area (Å²) >= 11 is 0. The van der Waals surface area contributed by atoms with Crippen molar-refractivity contribution < 1.29 is 19.1 Å². The molecule has 0 aliphatic heterocycles. The van der Waals surface area contributed by atoms with E-state index in [1.807, 2.05) is 18.2 Å². The van der Waals surface area contributed by atoms with Crippen molar-refractivity contribution in [2.75, 3.05) is 6.61 Å². The number of aryl methyl sites for hydroxylation is 1. The summed E-state index contributed by atoms with van der Waals surface area (Å²) in [6, 6.07) is 8.45. The molecule has 2 heterocycles. The predicted octanol–water partition coefficient (Wildman–Crippen LogP) is 0.964. The van der Waals surface area contributed by atoms with Crippen LogP contribution in [0.15, 0.2) is 42.7 Å². The standard InChI is InChI=1S/C19H22FN7O3/c1-13(29)16-10-26(24-22-16)8-7-15(20)9-27-11-17(23-25-27)19(30)21-18(12-28)14-5-3-2-4-6-14/h2-6,10-11,15,18,28H,7-9,12H2,1H3,(H,21,30)/t15?,18-/m1/s1. The highest BCUT2D eigenvalue weighted by molar-refractivity contribution is 5.92. The highest BCUT2D eigenvalue weighted by Crippen LogP contribution is 2.12. The second-order valence-corrected chi connectivity index (χ2v) is 6.75. The van der Waals surface area contributed by atoms with Crippen molar-refractivity contribution >= 4 is 11.7 Å². The lowest BCUT2D eigenvalue weighted by Crippen LogP contribution is -2.31. The number of alkyl halides is 1. The molecule has 0 spiro atoms. The maximum absolute atomic E-state index is 14.3. The summed E-state index contributed by atoms with van der Waals surface area (Å²) < 4.78 is 16.9. The summed E-state index contributed by atoms with van der Waals surface area (Å²) in [4.78, 5) is 23.6. The average molecular weight is 415 g/mol. The number of aliphatic hydroxyl groups excluding tert-OH is 1. The Morgan fingerprint density at radius 1 is 1.10 bits per heavy atom. The number of aromatic nitrogens is 6. The number of hydrogen-bond acceptors (Lipinski definition) is 7. The third-order valence-corrected chi connectivity index (χ3v) is 4.42. The first-order chi connectivity index (χ1) is 14.5. The lowest BCUT2D eigenvalue weighted by Gasteiger charge is -2.15. The van der Waals surface area contributed by atoms with Crippen molar-refractivity contribution in [3.63, 3.8) is 0 Å². The number of nitrogens with zero attached hydrogens (tertiary/aromatic N) is 6. The number of hydrogen-bond donors (Lipinski definition) is 2. The van der Waals surface area contributed by atoms with E-state index in [1.165, 1.54) is 28.7 Å². The highest BCUT2D eigenvalue weighted by atomic mass is 19.1. The minimum absolute atomic E-state index is 0.0268. The van der Waals surface area contributed by atoms with Crippen LogP contribution in [0.4, 0.5) is 4.39 Å². The fourth-order valence-electron chi connectivity index (χ4n) is 2.78. The Bertz CT molecular complexity index is 989. The number of aliphatic hydroxyl groups is 1. The van der Waals surface area contributed by atoms with Crippen molar-refractivity contribution in [2.24, 2.45) is 0 Å². The van der Waals surface area contributed by atoms with Crippen molar-refractivity contribution in [1.29, 1.82) is 0 Å². The second-order valence-electron chi connectivity index (χ2n) is 6.75. The molecule has 158 valence electrons. The normalized spacial score (nSPS) is 13.0. The van der Waals surface area contributed by atoms with E-state index in [0.29, 0.717) is 0 Å². The molecule has 3 rings (SSSR count). The van der Waals surface area contributed by atoms with E-state index < -0.39 is 18.1 Å². The highest BCUT2D eigenvalue weighted by Gasteiger charge is 2.18. The summed E-state index contributed by atoms with van der Waals surface area (Å²) in [6.45, 7) is 1.27. The van der Waals surface area contributed by atoms with Crippen molar-refractivity contribution in [3.8, 4) is 0 Å². The molecule has 1 aromatic carbocycles. The van der Waals surface area contributed by atoms with E-state index in [2.05, 4.69) is 25.9 Å². The first-order valence-electron chi connectivity index (χ1n) is 9.38. The van der Waals surface area contributed by atoms with Gasteiger partial charge in [0.2, 0.25) is 0 Å². The molecule has 0 bridgehead atoms. The largest absolute Gasteiger partial charge is 0.394 e. The van der Waals surface area contributed by atoms with Crippen LogP contribution in [0.1, 0.15) is 45.9 Å². The number of carbonyl (C=O) groups is 2. The molecule has 2 aromatic heterocycles. The van der Waals surface area contributed by atoms with Crippen LogP contribution in [0.25, 0.3) is 0 Å². The minimum Gasteiger partial charge on any atom is -0.394 e. The van der Waals surface area contributed by atoms with E-state index in [1.54, 1.807) is 12.1 Å². The molecule has 11 heteroatoms. The van der Waals surface area contributed by atoms with E-state index in [4.69, 9.17) is 0 Å². The van der Waals surface area contributed by atoms with E-state index in [-0.39, 0.29) is 43.3 Å². The van der Waals surface area contributed by atoms with Gasteiger partial charge in [0.05, 0.1) is 31.6 Å². The zero-order valence-electron chi connectivity index (χ0n) is 16.3. The van der Waals surface area contributed by atoms with Gasteiger partial charge in [-0.2, -0.15) is 0 Å². The third-order valence-electron chi connectivity index (χ3n) is 4.42. The zero-order valence-corrected chi connectivity index (χ0v) is 16.3. The molecule has 2 atom stereocenters. The van der Waals surface area contributed by atoms with E-state index in [0.717, 1.165) is 5.56 Å². The van der Waals surface area contributed by atoms with Crippen molar-refractivity contribution in [1.82, 2.24) is 35.3 Å². The van der Waals surface area contributed by atoms with Crippen LogP contribution < -0.4 is 5.32 Å². The fourth-order valence-corrected chi connectivity index (χ4v) is 2.78. The summed E-state index contributed by atoms with van der Waals surface area (Å²) in [7, 11) is 0. The number of benzene rings is 1. The lowest BCUT2D eigenvalue weighted by atomic mass is 10.1. The van der Waals surface area contributed by atoms with Gasteiger partial charge in [-0.25, -0.2) is 9.07 Å². The lowest BCUT2D eigenvalue weighted by molar-refractivity contribution is 0.0910. The average Bonchev–Trinajstić information content (AvgIpc) is 3.41. The number of halogens is 1. The van der Waals surface area contributed by atoms with Gasteiger partial charge in [-0.1, -0.05) is 40.8 Å². The van der Waals surface area contributed by atoms with E-state index in [9.17, 15) is 19.1 Å². The van der Waals surface area contributed by atoms with Gasteiger partial charge >= 0.3 is 0 Å². The molecule has 2 N–H and O–H groups in total. The van der Waals surface area contributed by atoms with E-state index >= 15 is 0 Å². The Kier molecular flexibility index (Phi) is 6.96. The maximum Gasteiger partial charge on any atom is 0.274 e. The quantitative estimate of drug-likeness (QED) is 0.472. The third kappa shape index (κ3) is 5.54. The monoisotopic (exact) mass is 415 g/mol. The van der Waals surface area contributed by atoms with Gasteiger partial charge in [0.25, 0.3) is 5.91 Å². The number of ketones is 1. The Morgan fingerprint density at radius 3 is 2.43 bits per heavy atom. The topological polar surface area (TPSA) is 128 Å². The van der Waals surface area contributed by atoms with Crippen LogP contribution in [-0.2, 0) is 13.1 Å². The Hall–Kier alpha value is -3.47. The Balaban J connectivity index is 1.52. The van der Waals surface area contributed by atoms with Crippen LogP contribution in [0.5, 0.6) is 0 Å². The first kappa shape index (κ1) is 21.2. The molecule has 1 amide bonds. The minimum atomic E-state index is -1.26. The van der Waals surface area contributed by atoms with Gasteiger partial charge in [0.15, 0.2) is 11.5 Å². The predicted molar refractivity (Wildman–Crippen MR) is 103 cm³/mol. The van der Waals surface area contributed by atoms with Crippen LogP contribution >= 0.6 is 0 Å². The van der Waals surface area contributed by atoms with Crippen LogP contribution in [0, 0.1) is 0 Å². The molecule has 0 fully saturated rings. The molecule has 1 unspecified atom stereocenters. The maximum atomic E-state index is 14.3. The summed E-state index contributed by atoms with van der Waals surface area (Å²) in [5, 5.41) is 27.3. The first-order valence-corrected chi connectivity index (χ1v) is 9.38. The van der Waals surface area contributed by atoms with Crippen LogP contribution in [0.2, 0.25) is 0 Å². The molecule has 0 radical (unpaired) electrons. The Labute approximate surface area is 171 Å². The molecule has 0 aliphatic rings. The van der Waals surface area contributed by atoms with Gasteiger partial charge < -0.3 is 10.4 Å². The molecule has 30 heavy (non-hydrogen) atoms. The second kappa shape index (κ2) is 9.83.